The van der Waals surface area contributed by atoms with E-state index in [-0.39, 0.29) is 11.1 Å². The van der Waals surface area contributed by atoms with Gasteiger partial charge in [-0.15, -0.1) is 0 Å². The second kappa shape index (κ2) is 8.33. The van der Waals surface area contributed by atoms with Crippen molar-refractivity contribution in [3.8, 4) is 0 Å². The maximum absolute atomic E-state index is 13.7. The minimum Gasteiger partial charge on any atom is -0.324 e. The number of hydrogen-bond acceptors (Lipinski definition) is 3. The summed E-state index contributed by atoms with van der Waals surface area (Å²) in [6, 6.07) is 9.54. The fourth-order valence-electron chi connectivity index (χ4n) is 7.05. The summed E-state index contributed by atoms with van der Waals surface area (Å²) >= 11 is 0. The van der Waals surface area contributed by atoms with Crippen molar-refractivity contribution in [2.45, 2.75) is 56.9 Å². The lowest BCUT2D eigenvalue weighted by atomic mass is 9.48. The standard InChI is InChI=1S/C26H30F2N2O3S/c1-16(30(34(2,32)33)22-7-8-23(27)24(28)12-22)25(31)29-21-5-3-20(4-6-21)26-13-17-9-18(14-26)11-19(10-17)15-26/h3-8,12,16-19H,9-11,13-15H2,1-2H3,(H,29,31)/t16-,17?,18?,19?,26?/m1/s1. The third kappa shape index (κ3) is 4.21. The normalized spacial score (nSPS) is 28.5. The molecule has 6 rings (SSSR count). The van der Waals surface area contributed by atoms with E-state index in [4.69, 9.17) is 0 Å². The summed E-state index contributed by atoms with van der Waals surface area (Å²) in [5, 5.41) is 2.78. The predicted molar refractivity (Wildman–Crippen MR) is 128 cm³/mol. The van der Waals surface area contributed by atoms with Gasteiger partial charge >= 0.3 is 0 Å². The third-order valence-corrected chi connectivity index (χ3v) is 9.29. The minimum absolute atomic E-state index is 0.110. The van der Waals surface area contributed by atoms with E-state index in [2.05, 4.69) is 17.4 Å². The first kappa shape index (κ1) is 23.3. The van der Waals surface area contributed by atoms with Gasteiger partial charge < -0.3 is 5.32 Å². The van der Waals surface area contributed by atoms with Crippen molar-refractivity contribution in [3.63, 3.8) is 0 Å². The third-order valence-electron chi connectivity index (χ3n) is 8.05. The molecule has 1 amide bonds. The Morgan fingerprint density at radius 1 is 0.971 bits per heavy atom. The van der Waals surface area contributed by atoms with Gasteiger partial charge in [0.2, 0.25) is 15.9 Å². The zero-order valence-electron chi connectivity index (χ0n) is 19.4. The van der Waals surface area contributed by atoms with Crippen molar-refractivity contribution in [2.24, 2.45) is 17.8 Å². The summed E-state index contributed by atoms with van der Waals surface area (Å²) in [5.41, 5.74) is 2.05. The van der Waals surface area contributed by atoms with E-state index < -0.39 is 33.6 Å². The molecular weight excluding hydrogens is 458 g/mol. The zero-order valence-corrected chi connectivity index (χ0v) is 20.2. The second-order valence-electron chi connectivity index (χ2n) is 10.6. The highest BCUT2D eigenvalue weighted by Gasteiger charge is 2.51. The fraction of sp³-hybridized carbons (Fsp3) is 0.500. The summed E-state index contributed by atoms with van der Waals surface area (Å²) < 4.78 is 52.7. The van der Waals surface area contributed by atoms with Gasteiger partial charge in [-0.25, -0.2) is 17.2 Å². The number of amides is 1. The predicted octanol–water partition coefficient (Wildman–Crippen LogP) is 5.23. The maximum atomic E-state index is 13.7. The van der Waals surface area contributed by atoms with E-state index >= 15 is 0 Å². The van der Waals surface area contributed by atoms with Crippen LogP contribution in [0.4, 0.5) is 20.2 Å². The Hall–Kier alpha value is -2.48. The highest BCUT2D eigenvalue weighted by atomic mass is 32.2. The molecule has 0 heterocycles. The number of hydrogen-bond donors (Lipinski definition) is 1. The summed E-state index contributed by atoms with van der Waals surface area (Å²) in [7, 11) is -3.93. The molecule has 5 nitrogen and oxygen atoms in total. The van der Waals surface area contributed by atoms with Crippen LogP contribution in [-0.2, 0) is 20.2 Å². The SMILES string of the molecule is C[C@H](C(=O)Nc1ccc(C23CC4CC(CC(C4)C2)C3)cc1)N(c1ccc(F)c(F)c1)S(C)(=O)=O. The number of rotatable bonds is 6. The first-order chi connectivity index (χ1) is 16.0. The molecule has 0 aromatic heterocycles. The number of benzene rings is 2. The van der Waals surface area contributed by atoms with Gasteiger partial charge in [0.25, 0.3) is 0 Å². The van der Waals surface area contributed by atoms with Gasteiger partial charge in [-0.3, -0.25) is 9.10 Å². The van der Waals surface area contributed by atoms with E-state index in [0.29, 0.717) is 5.69 Å². The summed E-state index contributed by atoms with van der Waals surface area (Å²) in [6.07, 6.45) is 8.80. The number of nitrogens with zero attached hydrogens (tertiary/aromatic N) is 1. The average molecular weight is 489 g/mol. The van der Waals surface area contributed by atoms with E-state index in [9.17, 15) is 22.0 Å². The summed E-state index contributed by atoms with van der Waals surface area (Å²) in [6.45, 7) is 1.42. The molecule has 4 bridgehead atoms. The lowest BCUT2D eigenvalue weighted by molar-refractivity contribution is -0.116. The lowest BCUT2D eigenvalue weighted by Gasteiger charge is -2.57. The number of nitrogens with one attached hydrogen (secondary N) is 1. The Morgan fingerprint density at radius 2 is 1.53 bits per heavy atom. The molecule has 1 atom stereocenters. The molecule has 0 aliphatic heterocycles. The van der Waals surface area contributed by atoms with E-state index in [1.54, 1.807) is 0 Å². The van der Waals surface area contributed by atoms with Crippen molar-refractivity contribution < 1.29 is 22.0 Å². The van der Waals surface area contributed by atoms with Crippen LogP contribution >= 0.6 is 0 Å². The quantitative estimate of drug-likeness (QED) is 0.606. The van der Waals surface area contributed by atoms with Crippen molar-refractivity contribution in [1.82, 2.24) is 0 Å². The van der Waals surface area contributed by atoms with Crippen molar-refractivity contribution in [1.29, 1.82) is 0 Å². The Morgan fingerprint density at radius 3 is 2.03 bits per heavy atom. The molecule has 4 aliphatic carbocycles. The van der Waals surface area contributed by atoms with Crippen LogP contribution in [-0.4, -0.2) is 26.6 Å². The van der Waals surface area contributed by atoms with Crippen LogP contribution in [0.2, 0.25) is 0 Å². The van der Waals surface area contributed by atoms with Crippen molar-refractivity contribution in [3.05, 3.63) is 59.7 Å². The van der Waals surface area contributed by atoms with Gasteiger partial charge in [0.1, 0.15) is 6.04 Å². The number of halogens is 2. The van der Waals surface area contributed by atoms with Crippen molar-refractivity contribution >= 4 is 27.3 Å². The first-order valence-electron chi connectivity index (χ1n) is 11.9. The largest absolute Gasteiger partial charge is 0.324 e. The lowest BCUT2D eigenvalue weighted by Crippen LogP contribution is -2.48. The molecule has 0 spiro atoms. The number of carbonyl (C=O) groups is 1. The monoisotopic (exact) mass is 488 g/mol. The molecule has 0 radical (unpaired) electrons. The highest BCUT2D eigenvalue weighted by Crippen LogP contribution is 2.60. The summed E-state index contributed by atoms with van der Waals surface area (Å²) in [5.74, 6) is -0.315. The maximum Gasteiger partial charge on any atom is 0.247 e. The molecule has 0 saturated heterocycles. The van der Waals surface area contributed by atoms with Crippen LogP contribution in [0, 0.1) is 29.4 Å². The average Bonchev–Trinajstić information content (AvgIpc) is 2.75. The van der Waals surface area contributed by atoms with E-state index in [0.717, 1.165) is 46.5 Å². The molecule has 8 heteroatoms. The van der Waals surface area contributed by atoms with Gasteiger partial charge in [-0.05, 0) is 98.4 Å². The minimum atomic E-state index is -3.93. The van der Waals surface area contributed by atoms with Gasteiger partial charge in [-0.2, -0.15) is 0 Å². The van der Waals surface area contributed by atoms with Gasteiger partial charge in [0.15, 0.2) is 11.6 Å². The van der Waals surface area contributed by atoms with Crippen molar-refractivity contribution in [2.75, 3.05) is 15.9 Å². The van der Waals surface area contributed by atoms with Crippen LogP contribution in [0.1, 0.15) is 51.0 Å². The molecule has 2 aromatic rings. The van der Waals surface area contributed by atoms with Crippen LogP contribution in [0.3, 0.4) is 0 Å². The molecule has 34 heavy (non-hydrogen) atoms. The molecule has 4 fully saturated rings. The Labute approximate surface area is 199 Å². The smallest absolute Gasteiger partial charge is 0.247 e. The van der Waals surface area contributed by atoms with Crippen LogP contribution < -0.4 is 9.62 Å². The Bertz CT molecular complexity index is 1180. The molecule has 0 unspecified atom stereocenters. The van der Waals surface area contributed by atoms with Gasteiger partial charge in [-0.1, -0.05) is 12.1 Å². The Balaban J connectivity index is 1.33. The molecule has 4 aliphatic rings. The molecule has 4 saturated carbocycles. The molecule has 182 valence electrons. The number of anilines is 2. The highest BCUT2D eigenvalue weighted by molar-refractivity contribution is 7.92. The molecule has 2 aromatic carbocycles. The first-order valence-corrected chi connectivity index (χ1v) is 13.7. The Kier molecular flexibility index (Phi) is 5.70. The number of sulfonamides is 1. The molecular formula is C26H30F2N2O3S. The number of carbonyl (C=O) groups excluding carboxylic acids is 1. The zero-order chi connectivity index (χ0) is 24.3. The van der Waals surface area contributed by atoms with Gasteiger partial charge in [0, 0.05) is 11.8 Å². The van der Waals surface area contributed by atoms with E-state index in [1.165, 1.54) is 51.0 Å². The van der Waals surface area contributed by atoms with Gasteiger partial charge in [0.05, 0.1) is 11.9 Å². The summed E-state index contributed by atoms with van der Waals surface area (Å²) in [4.78, 5) is 12.9. The second-order valence-corrected chi connectivity index (χ2v) is 12.5. The van der Waals surface area contributed by atoms with Crippen LogP contribution in [0.15, 0.2) is 42.5 Å². The fourth-order valence-corrected chi connectivity index (χ4v) is 8.22. The van der Waals surface area contributed by atoms with E-state index in [1.807, 2.05) is 12.1 Å². The van der Waals surface area contributed by atoms with Crippen LogP contribution in [0.25, 0.3) is 0 Å². The topological polar surface area (TPSA) is 66.5 Å². The van der Waals surface area contributed by atoms with Crippen LogP contribution in [0.5, 0.6) is 0 Å². The molecule has 1 N–H and O–H groups in total.